The van der Waals surface area contributed by atoms with Gasteiger partial charge < -0.3 is 10.5 Å². The molecule has 2 aromatic carbocycles. The number of amidine groups is 1. The van der Waals surface area contributed by atoms with Crippen molar-refractivity contribution in [3.63, 3.8) is 0 Å². The van der Waals surface area contributed by atoms with Crippen LogP contribution in [0.3, 0.4) is 0 Å². The molecule has 0 saturated heterocycles. The van der Waals surface area contributed by atoms with E-state index in [-0.39, 0.29) is 11.6 Å². The minimum absolute atomic E-state index is 0.0955. The van der Waals surface area contributed by atoms with Crippen LogP contribution < -0.4 is 10.5 Å². The molecule has 18 heavy (non-hydrogen) atoms. The standard InChI is InChI=1S/C13H10BrFN2O/c14-8-5-6-9(13(16)17)12(7-8)18-11-4-2-1-3-10(11)15/h1-7H,(H3,16,17). The van der Waals surface area contributed by atoms with Gasteiger partial charge in [0.15, 0.2) is 11.6 Å². The molecule has 0 spiro atoms. The van der Waals surface area contributed by atoms with Gasteiger partial charge in [-0.2, -0.15) is 0 Å². The minimum atomic E-state index is -0.466. The Bertz CT molecular complexity index is 601. The third kappa shape index (κ3) is 2.68. The molecule has 0 aromatic heterocycles. The van der Waals surface area contributed by atoms with Crippen LogP contribution in [0, 0.1) is 11.2 Å². The maximum atomic E-state index is 13.5. The van der Waals surface area contributed by atoms with Crippen LogP contribution in [0.5, 0.6) is 11.5 Å². The van der Waals surface area contributed by atoms with Crippen LogP contribution in [-0.4, -0.2) is 5.84 Å². The fourth-order valence-corrected chi connectivity index (χ4v) is 1.79. The molecule has 0 heterocycles. The maximum Gasteiger partial charge on any atom is 0.165 e. The van der Waals surface area contributed by atoms with Crippen molar-refractivity contribution in [1.82, 2.24) is 0 Å². The Morgan fingerprint density at radius 3 is 2.56 bits per heavy atom. The average molecular weight is 309 g/mol. The Morgan fingerprint density at radius 2 is 1.89 bits per heavy atom. The van der Waals surface area contributed by atoms with E-state index >= 15 is 0 Å². The van der Waals surface area contributed by atoms with Crippen LogP contribution in [0.1, 0.15) is 5.56 Å². The van der Waals surface area contributed by atoms with Crippen LogP contribution in [0.15, 0.2) is 46.9 Å². The summed E-state index contributed by atoms with van der Waals surface area (Å²) < 4.78 is 19.7. The Hall–Kier alpha value is -1.88. The van der Waals surface area contributed by atoms with Crippen molar-refractivity contribution < 1.29 is 9.13 Å². The summed E-state index contributed by atoms with van der Waals surface area (Å²) in [7, 11) is 0. The number of nitrogen functional groups attached to an aromatic ring is 1. The Kier molecular flexibility index (Phi) is 3.62. The molecule has 3 N–H and O–H groups in total. The molecular weight excluding hydrogens is 299 g/mol. The highest BCUT2D eigenvalue weighted by molar-refractivity contribution is 9.10. The molecule has 2 rings (SSSR count). The summed E-state index contributed by atoms with van der Waals surface area (Å²) in [5, 5.41) is 7.45. The number of hydrogen-bond acceptors (Lipinski definition) is 2. The summed E-state index contributed by atoms with van der Waals surface area (Å²) in [5.74, 6) is -0.166. The highest BCUT2D eigenvalue weighted by atomic mass is 79.9. The zero-order chi connectivity index (χ0) is 13.1. The minimum Gasteiger partial charge on any atom is -0.453 e. The van der Waals surface area contributed by atoms with Crippen molar-refractivity contribution in [3.05, 3.63) is 58.3 Å². The fraction of sp³-hybridized carbons (Fsp3) is 0. The number of benzene rings is 2. The summed E-state index contributed by atoms with van der Waals surface area (Å²) in [6.45, 7) is 0. The largest absolute Gasteiger partial charge is 0.453 e. The van der Waals surface area contributed by atoms with Crippen LogP contribution in [0.25, 0.3) is 0 Å². The third-order valence-electron chi connectivity index (χ3n) is 2.29. The lowest BCUT2D eigenvalue weighted by atomic mass is 10.2. The normalized spacial score (nSPS) is 10.1. The van der Waals surface area contributed by atoms with E-state index in [9.17, 15) is 4.39 Å². The Labute approximate surface area is 112 Å². The second-order valence-electron chi connectivity index (χ2n) is 3.59. The van der Waals surface area contributed by atoms with Crippen LogP contribution in [0.4, 0.5) is 4.39 Å². The van der Waals surface area contributed by atoms with Crippen molar-refractivity contribution >= 4 is 21.8 Å². The summed E-state index contributed by atoms with van der Waals surface area (Å²) in [6.07, 6.45) is 0. The molecule has 0 atom stereocenters. The lowest BCUT2D eigenvalue weighted by Gasteiger charge is -2.11. The van der Waals surface area contributed by atoms with Crippen molar-refractivity contribution in [2.24, 2.45) is 5.73 Å². The van der Waals surface area contributed by atoms with Gasteiger partial charge in [0.1, 0.15) is 11.6 Å². The first kappa shape index (κ1) is 12.6. The molecule has 3 nitrogen and oxygen atoms in total. The summed E-state index contributed by atoms with van der Waals surface area (Å²) >= 11 is 3.29. The molecule has 0 aliphatic carbocycles. The molecular formula is C13H10BrFN2O. The van der Waals surface area contributed by atoms with Gasteiger partial charge in [-0.1, -0.05) is 28.1 Å². The topological polar surface area (TPSA) is 59.1 Å². The molecule has 0 amide bonds. The molecule has 0 fully saturated rings. The van der Waals surface area contributed by atoms with E-state index in [1.54, 1.807) is 30.3 Å². The van der Waals surface area contributed by atoms with E-state index < -0.39 is 5.82 Å². The Morgan fingerprint density at radius 1 is 1.17 bits per heavy atom. The molecule has 92 valence electrons. The molecule has 0 bridgehead atoms. The SMILES string of the molecule is N=C(N)c1ccc(Br)cc1Oc1ccccc1F. The van der Waals surface area contributed by atoms with Gasteiger partial charge >= 0.3 is 0 Å². The lowest BCUT2D eigenvalue weighted by molar-refractivity contribution is 0.441. The second-order valence-corrected chi connectivity index (χ2v) is 4.50. The van der Waals surface area contributed by atoms with Gasteiger partial charge in [-0.05, 0) is 30.3 Å². The second kappa shape index (κ2) is 5.18. The van der Waals surface area contributed by atoms with E-state index in [2.05, 4.69) is 15.9 Å². The number of nitrogens with two attached hydrogens (primary N) is 1. The number of ether oxygens (including phenoxy) is 1. The van der Waals surface area contributed by atoms with Gasteiger partial charge in [0.25, 0.3) is 0 Å². The first-order chi connectivity index (χ1) is 8.58. The Balaban J connectivity index is 2.42. The first-order valence-corrected chi connectivity index (χ1v) is 5.93. The van der Waals surface area contributed by atoms with Gasteiger partial charge in [0.2, 0.25) is 0 Å². The molecule has 0 unspecified atom stereocenters. The quantitative estimate of drug-likeness (QED) is 0.671. The molecule has 0 saturated carbocycles. The molecule has 5 heteroatoms. The van der Waals surface area contributed by atoms with Gasteiger partial charge in [0.05, 0.1) is 5.56 Å². The predicted octanol–water partition coefficient (Wildman–Crippen LogP) is 3.66. The predicted molar refractivity (Wildman–Crippen MR) is 71.6 cm³/mol. The van der Waals surface area contributed by atoms with Crippen LogP contribution in [0.2, 0.25) is 0 Å². The van der Waals surface area contributed by atoms with Crippen molar-refractivity contribution in [2.75, 3.05) is 0 Å². The van der Waals surface area contributed by atoms with Gasteiger partial charge in [-0.3, -0.25) is 5.41 Å². The number of para-hydroxylation sites is 1. The molecule has 0 aliphatic heterocycles. The summed E-state index contributed by atoms with van der Waals surface area (Å²) in [4.78, 5) is 0. The van der Waals surface area contributed by atoms with Crippen molar-refractivity contribution in [1.29, 1.82) is 5.41 Å². The highest BCUT2D eigenvalue weighted by Gasteiger charge is 2.10. The van der Waals surface area contributed by atoms with E-state index in [1.807, 2.05) is 0 Å². The summed E-state index contributed by atoms with van der Waals surface area (Å²) in [6, 6.07) is 11.1. The van der Waals surface area contributed by atoms with Crippen LogP contribution >= 0.6 is 15.9 Å². The van der Waals surface area contributed by atoms with Gasteiger partial charge in [-0.25, -0.2) is 4.39 Å². The number of hydrogen-bond donors (Lipinski definition) is 2. The maximum absolute atomic E-state index is 13.5. The molecule has 2 aromatic rings. The van der Waals surface area contributed by atoms with E-state index in [0.29, 0.717) is 11.3 Å². The van der Waals surface area contributed by atoms with Crippen molar-refractivity contribution in [2.45, 2.75) is 0 Å². The summed E-state index contributed by atoms with van der Waals surface area (Å²) in [5.41, 5.74) is 5.87. The van der Waals surface area contributed by atoms with Crippen LogP contribution in [-0.2, 0) is 0 Å². The van der Waals surface area contributed by atoms with Gasteiger partial charge in [-0.15, -0.1) is 0 Å². The number of rotatable bonds is 3. The molecule has 0 radical (unpaired) electrons. The first-order valence-electron chi connectivity index (χ1n) is 5.14. The fourth-order valence-electron chi connectivity index (χ4n) is 1.45. The monoisotopic (exact) mass is 308 g/mol. The zero-order valence-electron chi connectivity index (χ0n) is 9.28. The van der Waals surface area contributed by atoms with E-state index in [1.165, 1.54) is 12.1 Å². The lowest BCUT2D eigenvalue weighted by Crippen LogP contribution is -2.12. The smallest absolute Gasteiger partial charge is 0.165 e. The third-order valence-corrected chi connectivity index (χ3v) is 2.78. The van der Waals surface area contributed by atoms with E-state index in [4.69, 9.17) is 15.9 Å². The van der Waals surface area contributed by atoms with E-state index in [0.717, 1.165) is 4.47 Å². The van der Waals surface area contributed by atoms with Crippen molar-refractivity contribution in [3.8, 4) is 11.5 Å². The average Bonchev–Trinajstić information content (AvgIpc) is 2.32. The number of nitrogens with one attached hydrogen (secondary N) is 1. The van der Waals surface area contributed by atoms with Gasteiger partial charge in [0, 0.05) is 4.47 Å². The molecule has 0 aliphatic rings. The highest BCUT2D eigenvalue weighted by Crippen LogP contribution is 2.29. The number of halogens is 2. The zero-order valence-corrected chi connectivity index (χ0v) is 10.9.